The Labute approximate surface area is 138 Å². The molecule has 1 aromatic rings. The summed E-state index contributed by atoms with van der Waals surface area (Å²) in [5.74, 6) is -0.621. The number of aliphatic hydroxyl groups excluding tert-OH is 1. The Kier molecular flexibility index (Phi) is 5.43. The fourth-order valence-corrected chi connectivity index (χ4v) is 2.74. The molecule has 0 aliphatic heterocycles. The lowest BCUT2D eigenvalue weighted by Gasteiger charge is -2.27. The van der Waals surface area contributed by atoms with Gasteiger partial charge in [-0.1, -0.05) is 11.6 Å². The smallest absolute Gasteiger partial charge is 0.321 e. The molecule has 1 saturated carbocycles. The highest BCUT2D eigenvalue weighted by Gasteiger charge is 2.28. The first kappa shape index (κ1) is 17.5. The monoisotopic (exact) mass is 343 g/mol. The molecule has 23 heavy (non-hydrogen) atoms. The number of halogens is 2. The number of rotatable bonds is 5. The maximum Gasteiger partial charge on any atom is 0.321 e. The number of primary amides is 1. The molecule has 126 valence electrons. The van der Waals surface area contributed by atoms with Gasteiger partial charge in [-0.3, -0.25) is 4.90 Å². The first-order valence-electron chi connectivity index (χ1n) is 7.28. The lowest BCUT2D eigenvalue weighted by molar-refractivity contribution is 0.208. The standard InChI is InChI=1S/C15H19ClFN3O3/c1-8(18)14(21)20(15(19)22)12-7-13(10(16)6-11(12)17)23-9-4-2-3-5-9/h6-7,9,14,18,21H,2-5H2,1H3,(H2,19,22). The van der Waals surface area contributed by atoms with Crippen LogP contribution in [0.1, 0.15) is 32.6 Å². The second-order valence-corrected chi connectivity index (χ2v) is 5.93. The van der Waals surface area contributed by atoms with Crippen molar-refractivity contribution in [3.63, 3.8) is 0 Å². The topological polar surface area (TPSA) is 99.6 Å². The van der Waals surface area contributed by atoms with Crippen molar-refractivity contribution < 1.29 is 19.0 Å². The molecule has 1 aromatic carbocycles. The van der Waals surface area contributed by atoms with Gasteiger partial charge >= 0.3 is 6.03 Å². The summed E-state index contributed by atoms with van der Waals surface area (Å²) in [6.07, 6.45) is 2.19. The molecule has 1 aliphatic rings. The van der Waals surface area contributed by atoms with Crippen LogP contribution in [0.3, 0.4) is 0 Å². The van der Waals surface area contributed by atoms with Gasteiger partial charge in [-0.05, 0) is 38.7 Å². The third-order valence-electron chi connectivity index (χ3n) is 3.73. The van der Waals surface area contributed by atoms with Gasteiger partial charge in [0.05, 0.1) is 22.5 Å². The number of ether oxygens (including phenoxy) is 1. The van der Waals surface area contributed by atoms with Crippen LogP contribution in [-0.4, -0.2) is 29.2 Å². The third-order valence-corrected chi connectivity index (χ3v) is 4.02. The minimum atomic E-state index is -1.66. The third kappa shape index (κ3) is 3.92. The van der Waals surface area contributed by atoms with Gasteiger partial charge in [-0.2, -0.15) is 0 Å². The number of hydrogen-bond donors (Lipinski definition) is 3. The van der Waals surface area contributed by atoms with Gasteiger partial charge in [-0.15, -0.1) is 0 Å². The fraction of sp³-hybridized carbons (Fsp3) is 0.467. The van der Waals surface area contributed by atoms with Crippen molar-refractivity contribution in [3.05, 3.63) is 23.0 Å². The second kappa shape index (κ2) is 7.14. The van der Waals surface area contributed by atoms with Crippen LogP contribution in [0.5, 0.6) is 5.75 Å². The van der Waals surface area contributed by atoms with E-state index in [1.54, 1.807) is 0 Å². The summed E-state index contributed by atoms with van der Waals surface area (Å²) in [5, 5.41) is 17.5. The maximum absolute atomic E-state index is 14.2. The SMILES string of the molecule is CC(=N)C(O)N(C(N)=O)c1cc(OC2CCCC2)c(Cl)cc1F. The highest BCUT2D eigenvalue weighted by atomic mass is 35.5. The Balaban J connectivity index is 2.39. The normalized spacial score (nSPS) is 16.2. The number of nitrogens with two attached hydrogens (primary N) is 1. The number of carbonyl (C=O) groups excluding carboxylic acids is 1. The number of nitrogens with one attached hydrogen (secondary N) is 1. The van der Waals surface area contributed by atoms with E-state index in [4.69, 9.17) is 27.5 Å². The Morgan fingerprint density at radius 1 is 1.52 bits per heavy atom. The van der Waals surface area contributed by atoms with Crippen molar-refractivity contribution in [1.29, 1.82) is 5.41 Å². The summed E-state index contributed by atoms with van der Waals surface area (Å²) in [7, 11) is 0. The number of aliphatic hydroxyl groups is 1. The van der Waals surface area contributed by atoms with Crippen LogP contribution in [0.25, 0.3) is 0 Å². The van der Waals surface area contributed by atoms with E-state index in [0.717, 1.165) is 31.7 Å². The van der Waals surface area contributed by atoms with Crippen LogP contribution in [-0.2, 0) is 0 Å². The Bertz CT molecular complexity index is 620. The minimum absolute atomic E-state index is 0.0118. The molecule has 1 atom stereocenters. The first-order chi connectivity index (χ1) is 10.8. The molecule has 0 saturated heterocycles. The molecular weight excluding hydrogens is 325 g/mol. The van der Waals surface area contributed by atoms with E-state index in [-0.39, 0.29) is 28.3 Å². The number of carbonyl (C=O) groups is 1. The largest absolute Gasteiger partial charge is 0.489 e. The van der Waals surface area contributed by atoms with Gasteiger partial charge in [0.25, 0.3) is 0 Å². The van der Waals surface area contributed by atoms with Crippen molar-refractivity contribution >= 4 is 29.0 Å². The van der Waals surface area contributed by atoms with E-state index in [2.05, 4.69) is 0 Å². The summed E-state index contributed by atoms with van der Waals surface area (Å²) in [4.78, 5) is 12.2. The number of amides is 2. The quantitative estimate of drug-likeness (QED) is 0.566. The molecule has 1 fully saturated rings. The van der Waals surface area contributed by atoms with E-state index < -0.39 is 18.1 Å². The number of anilines is 1. The minimum Gasteiger partial charge on any atom is -0.489 e. The Morgan fingerprint density at radius 2 is 2.13 bits per heavy atom. The molecule has 0 radical (unpaired) electrons. The van der Waals surface area contributed by atoms with E-state index in [0.29, 0.717) is 4.90 Å². The zero-order chi connectivity index (χ0) is 17.1. The molecule has 0 spiro atoms. The Morgan fingerprint density at radius 3 is 2.65 bits per heavy atom. The molecule has 0 aromatic heterocycles. The highest BCUT2D eigenvalue weighted by molar-refractivity contribution is 6.32. The van der Waals surface area contributed by atoms with Crippen LogP contribution in [0.15, 0.2) is 12.1 Å². The van der Waals surface area contributed by atoms with Crippen LogP contribution in [0.4, 0.5) is 14.9 Å². The van der Waals surface area contributed by atoms with Crippen molar-refractivity contribution in [2.45, 2.75) is 44.9 Å². The summed E-state index contributed by atoms with van der Waals surface area (Å²) in [5.41, 5.74) is 4.68. The average Bonchev–Trinajstić information content (AvgIpc) is 2.96. The molecule has 2 rings (SSSR count). The number of hydrogen-bond acceptors (Lipinski definition) is 4. The van der Waals surface area contributed by atoms with Crippen LogP contribution in [0, 0.1) is 11.2 Å². The first-order valence-corrected chi connectivity index (χ1v) is 7.66. The van der Waals surface area contributed by atoms with Gasteiger partial charge in [0.1, 0.15) is 11.6 Å². The van der Waals surface area contributed by atoms with Gasteiger partial charge < -0.3 is 21.0 Å². The molecule has 8 heteroatoms. The zero-order valence-corrected chi connectivity index (χ0v) is 13.4. The van der Waals surface area contributed by atoms with Crippen LogP contribution < -0.4 is 15.4 Å². The molecule has 1 aliphatic carbocycles. The molecule has 0 heterocycles. The van der Waals surface area contributed by atoms with Gasteiger partial charge in [0.15, 0.2) is 6.23 Å². The number of urea groups is 1. The average molecular weight is 344 g/mol. The van der Waals surface area contributed by atoms with E-state index in [1.807, 2.05) is 0 Å². The predicted octanol–water partition coefficient (Wildman–Crippen LogP) is 3.04. The van der Waals surface area contributed by atoms with Gasteiger partial charge in [0.2, 0.25) is 0 Å². The highest BCUT2D eigenvalue weighted by Crippen LogP contribution is 2.35. The molecule has 2 amide bonds. The zero-order valence-electron chi connectivity index (χ0n) is 12.7. The number of nitrogens with zero attached hydrogens (tertiary/aromatic N) is 1. The lowest BCUT2D eigenvalue weighted by atomic mass is 10.2. The van der Waals surface area contributed by atoms with Crippen molar-refractivity contribution in [2.75, 3.05) is 4.90 Å². The lowest BCUT2D eigenvalue weighted by Crippen LogP contribution is -2.47. The van der Waals surface area contributed by atoms with Crippen LogP contribution >= 0.6 is 11.6 Å². The molecule has 1 unspecified atom stereocenters. The number of benzene rings is 1. The van der Waals surface area contributed by atoms with Gasteiger partial charge in [0, 0.05) is 6.07 Å². The molecule has 6 nitrogen and oxygen atoms in total. The van der Waals surface area contributed by atoms with Crippen LogP contribution in [0.2, 0.25) is 5.02 Å². The predicted molar refractivity (Wildman–Crippen MR) is 85.8 cm³/mol. The molecular formula is C15H19ClFN3O3. The van der Waals surface area contributed by atoms with Crippen molar-refractivity contribution in [2.24, 2.45) is 5.73 Å². The summed E-state index contributed by atoms with van der Waals surface area (Å²) in [6.45, 7) is 1.28. The van der Waals surface area contributed by atoms with Crippen molar-refractivity contribution in [1.82, 2.24) is 0 Å². The van der Waals surface area contributed by atoms with Crippen molar-refractivity contribution in [3.8, 4) is 5.75 Å². The summed E-state index contributed by atoms with van der Waals surface area (Å²) < 4.78 is 20.0. The second-order valence-electron chi connectivity index (χ2n) is 5.52. The van der Waals surface area contributed by atoms with E-state index >= 15 is 0 Å². The molecule has 0 bridgehead atoms. The Hall–Kier alpha value is -1.86. The molecule has 4 N–H and O–H groups in total. The summed E-state index contributed by atoms with van der Waals surface area (Å²) in [6, 6.07) is 1.15. The van der Waals surface area contributed by atoms with Gasteiger partial charge in [-0.25, -0.2) is 9.18 Å². The fourth-order valence-electron chi connectivity index (χ4n) is 2.54. The summed E-state index contributed by atoms with van der Waals surface area (Å²) >= 11 is 6.00. The maximum atomic E-state index is 14.2. The van der Waals surface area contributed by atoms with E-state index in [1.165, 1.54) is 13.0 Å². The van der Waals surface area contributed by atoms with E-state index in [9.17, 15) is 14.3 Å².